The van der Waals surface area contributed by atoms with Gasteiger partial charge in [-0.15, -0.1) is 0 Å². The number of hydrogen-bond donors (Lipinski definition) is 3. The van der Waals surface area contributed by atoms with E-state index in [4.69, 9.17) is 0 Å². The first-order chi connectivity index (χ1) is 16.4. The number of fused-ring (bicyclic) bond motifs is 2. The van der Waals surface area contributed by atoms with Gasteiger partial charge in [0, 0.05) is 23.8 Å². The van der Waals surface area contributed by atoms with Gasteiger partial charge in [-0.05, 0) is 58.0 Å². The number of carbonyl (C=O) groups excluding carboxylic acids is 3. The van der Waals surface area contributed by atoms with E-state index in [1.54, 1.807) is 18.2 Å². The Morgan fingerprint density at radius 2 is 1.71 bits per heavy atom. The molecular formula is C26H19FN4O3. The summed E-state index contributed by atoms with van der Waals surface area (Å²) in [5.41, 5.74) is 3.07. The SMILES string of the molecule is O=C1NC(=O)[C@](CN2Cc3ccc(F)cc3C2=O)(c2ccc(-c3ccc4[nH]ccc4c3)cc2)N1. The van der Waals surface area contributed by atoms with Crippen LogP contribution in [0.25, 0.3) is 22.0 Å². The highest BCUT2D eigenvalue weighted by molar-refractivity contribution is 6.08. The number of carbonyl (C=O) groups is 3. The molecule has 6 rings (SSSR count). The number of H-pyrrole nitrogens is 1. The Morgan fingerprint density at radius 3 is 2.47 bits per heavy atom. The number of benzene rings is 3. The minimum atomic E-state index is -1.45. The average molecular weight is 454 g/mol. The van der Waals surface area contributed by atoms with Gasteiger partial charge in [-0.3, -0.25) is 14.9 Å². The van der Waals surface area contributed by atoms with Gasteiger partial charge < -0.3 is 15.2 Å². The first kappa shape index (κ1) is 20.2. The summed E-state index contributed by atoms with van der Waals surface area (Å²) in [6.07, 6.45) is 1.88. The van der Waals surface area contributed by atoms with Gasteiger partial charge >= 0.3 is 6.03 Å². The van der Waals surface area contributed by atoms with Crippen LogP contribution in [-0.4, -0.2) is 34.3 Å². The van der Waals surface area contributed by atoms with Crippen LogP contribution < -0.4 is 10.6 Å². The van der Waals surface area contributed by atoms with Gasteiger partial charge in [-0.2, -0.15) is 0 Å². The Morgan fingerprint density at radius 1 is 0.912 bits per heavy atom. The second-order valence-corrected chi connectivity index (χ2v) is 8.63. The minimum Gasteiger partial charge on any atom is -0.361 e. The van der Waals surface area contributed by atoms with Crippen molar-refractivity contribution in [2.24, 2.45) is 0 Å². The molecule has 8 heteroatoms. The van der Waals surface area contributed by atoms with E-state index in [0.29, 0.717) is 11.1 Å². The zero-order chi connectivity index (χ0) is 23.4. The summed E-state index contributed by atoms with van der Waals surface area (Å²) in [7, 11) is 0. The average Bonchev–Trinajstić information content (AvgIpc) is 3.50. The normalized spacial score (nSPS) is 19.4. The standard InChI is InChI=1S/C26H19FN4O3/c27-20-7-3-18-13-31(23(32)21(18)12-20)14-26(24(33)29-25(34)30-26)19-5-1-15(2-6-19)16-4-8-22-17(11-16)9-10-28-22/h1-12,28H,13-14H2,(H2,29,30,33,34)/t26-/m0/s1. The first-order valence-electron chi connectivity index (χ1n) is 10.8. The molecule has 1 atom stereocenters. The van der Waals surface area contributed by atoms with E-state index in [0.717, 1.165) is 22.0 Å². The summed E-state index contributed by atoms with van der Waals surface area (Å²) in [4.78, 5) is 42.7. The second-order valence-electron chi connectivity index (χ2n) is 8.63. The van der Waals surface area contributed by atoms with Crippen molar-refractivity contribution in [1.29, 1.82) is 0 Å². The third-order valence-corrected chi connectivity index (χ3v) is 6.58. The highest BCUT2D eigenvalue weighted by Crippen LogP contribution is 2.33. The van der Waals surface area contributed by atoms with Crippen LogP contribution in [0.4, 0.5) is 9.18 Å². The highest BCUT2D eigenvalue weighted by atomic mass is 19.1. The van der Waals surface area contributed by atoms with Crippen LogP contribution in [0, 0.1) is 5.82 Å². The van der Waals surface area contributed by atoms with Crippen molar-refractivity contribution in [3.05, 3.63) is 95.4 Å². The van der Waals surface area contributed by atoms with Crippen molar-refractivity contribution in [2.45, 2.75) is 12.1 Å². The molecule has 3 aromatic carbocycles. The van der Waals surface area contributed by atoms with Crippen LogP contribution in [0.15, 0.2) is 72.9 Å². The highest BCUT2D eigenvalue weighted by Gasteiger charge is 2.50. The van der Waals surface area contributed by atoms with Crippen LogP contribution in [0.2, 0.25) is 0 Å². The van der Waals surface area contributed by atoms with Crippen molar-refractivity contribution < 1.29 is 18.8 Å². The number of aromatic amines is 1. The van der Waals surface area contributed by atoms with Crippen LogP contribution in [-0.2, 0) is 16.9 Å². The van der Waals surface area contributed by atoms with Crippen molar-refractivity contribution in [3.8, 4) is 11.1 Å². The smallest absolute Gasteiger partial charge is 0.322 e. The largest absolute Gasteiger partial charge is 0.361 e. The van der Waals surface area contributed by atoms with Crippen molar-refractivity contribution in [1.82, 2.24) is 20.5 Å². The predicted octanol–water partition coefficient (Wildman–Crippen LogP) is 3.66. The molecule has 1 fully saturated rings. The van der Waals surface area contributed by atoms with Gasteiger partial charge in [0.15, 0.2) is 5.54 Å². The Labute approximate surface area is 193 Å². The Bertz CT molecular complexity index is 1490. The van der Waals surface area contributed by atoms with Crippen molar-refractivity contribution in [3.63, 3.8) is 0 Å². The Kier molecular flexibility index (Phi) is 4.32. The number of nitrogens with zero attached hydrogens (tertiary/aromatic N) is 1. The van der Waals surface area contributed by atoms with E-state index in [2.05, 4.69) is 21.7 Å². The number of halogens is 1. The van der Waals surface area contributed by atoms with Gasteiger partial charge in [0.2, 0.25) is 0 Å². The molecule has 4 amide bonds. The molecule has 0 aliphatic carbocycles. The first-order valence-corrected chi connectivity index (χ1v) is 10.8. The zero-order valence-corrected chi connectivity index (χ0v) is 17.9. The van der Waals surface area contributed by atoms with Crippen LogP contribution in [0.3, 0.4) is 0 Å². The van der Waals surface area contributed by atoms with Gasteiger partial charge in [-0.1, -0.05) is 36.4 Å². The number of nitrogens with one attached hydrogen (secondary N) is 3. The number of urea groups is 1. The molecule has 0 saturated carbocycles. The van der Waals surface area contributed by atoms with Gasteiger partial charge in [0.1, 0.15) is 5.82 Å². The molecule has 7 nitrogen and oxygen atoms in total. The van der Waals surface area contributed by atoms with E-state index in [1.165, 1.54) is 17.0 Å². The van der Waals surface area contributed by atoms with Crippen LogP contribution in [0.5, 0.6) is 0 Å². The summed E-state index contributed by atoms with van der Waals surface area (Å²) in [5, 5.41) is 6.11. The number of hydrogen-bond acceptors (Lipinski definition) is 3. The predicted molar refractivity (Wildman–Crippen MR) is 123 cm³/mol. The molecule has 0 radical (unpaired) electrons. The molecule has 3 N–H and O–H groups in total. The Hall–Kier alpha value is -4.46. The van der Waals surface area contributed by atoms with Crippen molar-refractivity contribution >= 4 is 28.7 Å². The molecule has 34 heavy (non-hydrogen) atoms. The summed E-state index contributed by atoms with van der Waals surface area (Å²) in [5.74, 6) is -1.41. The maximum atomic E-state index is 13.7. The third kappa shape index (κ3) is 3.07. The summed E-state index contributed by atoms with van der Waals surface area (Å²) in [6, 6.07) is 18.9. The molecule has 168 valence electrons. The minimum absolute atomic E-state index is 0.0750. The molecule has 0 spiro atoms. The summed E-state index contributed by atoms with van der Waals surface area (Å²) < 4.78 is 13.7. The van der Waals surface area contributed by atoms with Crippen LogP contribution >= 0.6 is 0 Å². The lowest BCUT2D eigenvalue weighted by molar-refractivity contribution is -0.124. The zero-order valence-electron chi connectivity index (χ0n) is 17.9. The molecule has 2 aliphatic heterocycles. The van der Waals surface area contributed by atoms with E-state index in [1.807, 2.05) is 36.5 Å². The lowest BCUT2D eigenvalue weighted by Gasteiger charge is -2.31. The van der Waals surface area contributed by atoms with Crippen molar-refractivity contribution in [2.75, 3.05) is 6.54 Å². The van der Waals surface area contributed by atoms with Gasteiger partial charge in [-0.25, -0.2) is 9.18 Å². The molecule has 1 saturated heterocycles. The van der Waals surface area contributed by atoms with E-state index in [-0.39, 0.29) is 24.6 Å². The number of imide groups is 1. The fourth-order valence-electron chi connectivity index (χ4n) is 4.82. The molecular weight excluding hydrogens is 435 g/mol. The quantitative estimate of drug-likeness (QED) is 0.411. The van der Waals surface area contributed by atoms with E-state index < -0.39 is 23.3 Å². The van der Waals surface area contributed by atoms with Crippen LogP contribution in [0.1, 0.15) is 21.5 Å². The molecule has 2 aliphatic rings. The Balaban J connectivity index is 1.34. The molecule has 4 aromatic rings. The topological polar surface area (TPSA) is 94.3 Å². The molecule has 3 heterocycles. The lowest BCUT2D eigenvalue weighted by atomic mass is 9.88. The van der Waals surface area contributed by atoms with Gasteiger partial charge in [0.05, 0.1) is 6.54 Å². The van der Waals surface area contributed by atoms with Gasteiger partial charge in [0.25, 0.3) is 11.8 Å². The lowest BCUT2D eigenvalue weighted by Crippen LogP contribution is -2.52. The monoisotopic (exact) mass is 454 g/mol. The number of amides is 4. The maximum absolute atomic E-state index is 13.7. The fourth-order valence-corrected chi connectivity index (χ4v) is 4.82. The summed E-state index contributed by atoms with van der Waals surface area (Å²) in [6.45, 7) is 0.155. The third-order valence-electron chi connectivity index (χ3n) is 6.58. The number of rotatable bonds is 4. The van der Waals surface area contributed by atoms with E-state index in [9.17, 15) is 18.8 Å². The molecule has 0 unspecified atom stereocenters. The molecule has 0 bridgehead atoms. The number of aromatic nitrogens is 1. The fraction of sp³-hybridized carbons (Fsp3) is 0.115. The summed E-state index contributed by atoms with van der Waals surface area (Å²) >= 11 is 0. The maximum Gasteiger partial charge on any atom is 0.322 e. The second kappa shape index (κ2) is 7.28. The molecule has 1 aromatic heterocycles. The van der Waals surface area contributed by atoms with E-state index >= 15 is 0 Å².